The smallest absolute Gasteiger partial charge is 0.410 e. The molecule has 0 radical (unpaired) electrons. The lowest BCUT2D eigenvalue weighted by molar-refractivity contribution is -0.120. The Morgan fingerprint density at radius 3 is 2.23 bits per heavy atom. The van der Waals surface area contributed by atoms with E-state index in [0.29, 0.717) is 54.0 Å². The van der Waals surface area contributed by atoms with E-state index in [2.05, 4.69) is 20.6 Å². The van der Waals surface area contributed by atoms with E-state index in [1.165, 1.54) is 11.0 Å². The molecule has 2 fully saturated rings. The number of likely N-dealkylation sites (tertiary alicyclic amines) is 2. The van der Waals surface area contributed by atoms with E-state index < -0.39 is 29.2 Å². The monoisotopic (exact) mass is 660 g/mol. The zero-order chi connectivity index (χ0) is 34.8. The molecular weight excluding hydrogens is 616 g/mol. The van der Waals surface area contributed by atoms with Crippen LogP contribution < -0.4 is 10.6 Å². The van der Waals surface area contributed by atoms with Crippen LogP contribution in [0.5, 0.6) is 0 Å². The molecule has 2 aliphatic rings. The van der Waals surface area contributed by atoms with Crippen LogP contribution in [0, 0.1) is 0 Å². The zero-order valence-electron chi connectivity index (χ0n) is 28.3. The van der Waals surface area contributed by atoms with Crippen molar-refractivity contribution in [1.82, 2.24) is 25.1 Å². The molecule has 13 nitrogen and oxygen atoms in total. The number of aromatic nitrogens is 2. The van der Waals surface area contributed by atoms with Gasteiger partial charge in [-0.05, 0) is 104 Å². The Morgan fingerprint density at radius 2 is 1.52 bits per heavy atom. The maximum absolute atomic E-state index is 13.1. The molecule has 2 aliphatic heterocycles. The van der Waals surface area contributed by atoms with Crippen molar-refractivity contribution in [1.29, 1.82) is 0 Å². The first kappa shape index (κ1) is 34.4. The third-order valence-electron chi connectivity index (χ3n) is 8.00. The van der Waals surface area contributed by atoms with Crippen LogP contribution in [0.2, 0.25) is 0 Å². The number of carbonyl (C=O) groups excluding carboxylic acids is 5. The number of ketones is 1. The summed E-state index contributed by atoms with van der Waals surface area (Å²) in [5.74, 6) is -0.521. The third-order valence-corrected chi connectivity index (χ3v) is 8.00. The van der Waals surface area contributed by atoms with Gasteiger partial charge in [-0.25, -0.2) is 14.6 Å². The molecule has 1 aromatic heterocycles. The lowest BCUT2D eigenvalue weighted by Gasteiger charge is -2.28. The van der Waals surface area contributed by atoms with Crippen molar-refractivity contribution in [3.63, 3.8) is 0 Å². The van der Waals surface area contributed by atoms with E-state index in [4.69, 9.17) is 9.47 Å². The zero-order valence-corrected chi connectivity index (χ0v) is 28.3. The standard InChI is InChI=1S/C35H44N6O7/c1-34(2,3)47-32(45)40-16-8-12-26(40)29-38-24-15-14-21(19-25(24)39-29)28(42)20-36-30(43)22-10-7-11-23(18-22)37-31(44)27-13-9-17-41(27)33(46)48-35(4,5)6/h7,10-11,14-15,18-19,26-27H,8-9,12-13,16-17,20H2,1-6H3,(H,36,43)(H,37,44)(H,38,39)/t26-,27-/m0/s1. The van der Waals surface area contributed by atoms with Gasteiger partial charge >= 0.3 is 12.2 Å². The molecule has 4 amide bonds. The fourth-order valence-corrected chi connectivity index (χ4v) is 5.86. The van der Waals surface area contributed by atoms with Gasteiger partial charge in [0, 0.05) is 29.9 Å². The number of rotatable bonds is 7. The van der Waals surface area contributed by atoms with Gasteiger partial charge in [0.1, 0.15) is 23.1 Å². The lowest BCUT2D eigenvalue weighted by atomic mass is 10.1. The highest BCUT2D eigenvalue weighted by Gasteiger charge is 2.37. The number of nitrogens with one attached hydrogen (secondary N) is 3. The van der Waals surface area contributed by atoms with Crippen LogP contribution in [0.15, 0.2) is 42.5 Å². The number of fused-ring (bicyclic) bond motifs is 1. The van der Waals surface area contributed by atoms with E-state index in [1.54, 1.807) is 62.1 Å². The minimum absolute atomic E-state index is 0.246. The van der Waals surface area contributed by atoms with Crippen molar-refractivity contribution in [2.24, 2.45) is 0 Å². The summed E-state index contributed by atoms with van der Waals surface area (Å²) in [5.41, 5.74) is 1.06. The molecule has 5 rings (SSSR count). The Balaban J connectivity index is 1.18. The van der Waals surface area contributed by atoms with Gasteiger partial charge in [-0.3, -0.25) is 24.2 Å². The second kappa shape index (κ2) is 13.7. The number of nitrogens with zero attached hydrogens (tertiary/aromatic N) is 3. The Kier molecular flexibility index (Phi) is 9.79. The number of hydrogen-bond donors (Lipinski definition) is 3. The summed E-state index contributed by atoms with van der Waals surface area (Å²) >= 11 is 0. The maximum Gasteiger partial charge on any atom is 0.410 e. The molecule has 0 unspecified atom stereocenters. The summed E-state index contributed by atoms with van der Waals surface area (Å²) in [6, 6.07) is 10.5. The van der Waals surface area contributed by atoms with Crippen molar-refractivity contribution in [3.05, 3.63) is 59.4 Å². The molecule has 13 heteroatoms. The van der Waals surface area contributed by atoms with Gasteiger partial charge in [-0.2, -0.15) is 0 Å². The van der Waals surface area contributed by atoms with Gasteiger partial charge in [0.15, 0.2) is 5.78 Å². The first-order valence-corrected chi connectivity index (χ1v) is 16.3. The fourth-order valence-electron chi connectivity index (χ4n) is 5.86. The average Bonchev–Trinajstić information content (AvgIpc) is 3.77. The molecule has 2 saturated heterocycles. The number of imidazole rings is 1. The molecule has 0 saturated carbocycles. The van der Waals surface area contributed by atoms with E-state index in [0.717, 1.165) is 12.8 Å². The minimum atomic E-state index is -0.680. The Bertz CT molecular complexity index is 1720. The molecule has 3 heterocycles. The Hall–Kier alpha value is -4.94. The number of H-pyrrole nitrogens is 1. The predicted octanol–water partition coefficient (Wildman–Crippen LogP) is 5.59. The molecule has 2 atom stereocenters. The summed E-state index contributed by atoms with van der Waals surface area (Å²) in [6.45, 7) is 11.6. The summed E-state index contributed by atoms with van der Waals surface area (Å²) in [5, 5.41) is 5.46. The molecule has 3 aromatic rings. The van der Waals surface area contributed by atoms with Gasteiger partial charge in [0.2, 0.25) is 5.91 Å². The van der Waals surface area contributed by atoms with E-state index in [-0.39, 0.29) is 35.9 Å². The van der Waals surface area contributed by atoms with Gasteiger partial charge in [0.25, 0.3) is 5.91 Å². The molecule has 48 heavy (non-hydrogen) atoms. The van der Waals surface area contributed by atoms with Crippen LogP contribution in [0.1, 0.15) is 99.8 Å². The van der Waals surface area contributed by atoms with Crippen molar-refractivity contribution in [2.45, 2.75) is 90.5 Å². The molecule has 256 valence electrons. The summed E-state index contributed by atoms with van der Waals surface area (Å²) in [4.78, 5) is 75.6. The van der Waals surface area contributed by atoms with Crippen molar-refractivity contribution >= 4 is 46.5 Å². The first-order valence-electron chi connectivity index (χ1n) is 16.3. The van der Waals surface area contributed by atoms with Crippen LogP contribution in [-0.2, 0) is 14.3 Å². The minimum Gasteiger partial charge on any atom is -0.444 e. The van der Waals surface area contributed by atoms with Crippen LogP contribution in [0.25, 0.3) is 11.0 Å². The molecule has 3 N–H and O–H groups in total. The maximum atomic E-state index is 13.1. The average molecular weight is 661 g/mol. The summed E-state index contributed by atoms with van der Waals surface area (Å²) < 4.78 is 11.0. The lowest BCUT2D eigenvalue weighted by Crippen LogP contribution is -2.45. The normalized spacial score (nSPS) is 18.1. The second-order valence-corrected chi connectivity index (χ2v) is 14.2. The van der Waals surface area contributed by atoms with Gasteiger partial charge in [-0.1, -0.05) is 6.07 Å². The molecular formula is C35H44N6O7. The van der Waals surface area contributed by atoms with Crippen LogP contribution in [-0.4, -0.2) is 86.4 Å². The summed E-state index contributed by atoms with van der Waals surface area (Å²) in [6.07, 6.45) is 1.83. The van der Waals surface area contributed by atoms with Gasteiger partial charge in [0.05, 0.1) is 23.6 Å². The van der Waals surface area contributed by atoms with Crippen molar-refractivity contribution < 1.29 is 33.4 Å². The van der Waals surface area contributed by atoms with Crippen molar-refractivity contribution in [2.75, 3.05) is 25.0 Å². The van der Waals surface area contributed by atoms with Crippen LogP contribution in [0.3, 0.4) is 0 Å². The molecule has 0 aliphatic carbocycles. The van der Waals surface area contributed by atoms with E-state index in [9.17, 15) is 24.0 Å². The fraction of sp³-hybridized carbons (Fsp3) is 0.486. The third kappa shape index (κ3) is 8.31. The molecule has 0 bridgehead atoms. The number of Topliss-reactive ketones (excluding diaryl/α,β-unsaturated/α-hetero) is 1. The number of ether oxygens (including phenoxy) is 2. The highest BCUT2D eigenvalue weighted by molar-refractivity contribution is 6.04. The van der Waals surface area contributed by atoms with Gasteiger partial charge in [-0.15, -0.1) is 0 Å². The van der Waals surface area contributed by atoms with E-state index >= 15 is 0 Å². The number of amides is 4. The molecule has 2 aromatic carbocycles. The van der Waals surface area contributed by atoms with Crippen LogP contribution >= 0.6 is 0 Å². The van der Waals surface area contributed by atoms with Gasteiger partial charge < -0.3 is 25.1 Å². The second-order valence-electron chi connectivity index (χ2n) is 14.2. The Morgan fingerprint density at radius 1 is 0.854 bits per heavy atom. The number of hydrogen-bond acceptors (Lipinski definition) is 8. The quantitative estimate of drug-likeness (QED) is 0.277. The summed E-state index contributed by atoms with van der Waals surface area (Å²) in [7, 11) is 0. The Labute approximate surface area is 279 Å². The highest BCUT2D eigenvalue weighted by atomic mass is 16.6. The van der Waals surface area contributed by atoms with E-state index in [1.807, 2.05) is 20.8 Å². The molecule has 0 spiro atoms. The number of aromatic amines is 1. The highest BCUT2D eigenvalue weighted by Crippen LogP contribution is 2.33. The van der Waals surface area contributed by atoms with Crippen molar-refractivity contribution in [3.8, 4) is 0 Å². The number of benzene rings is 2. The predicted molar refractivity (Wildman–Crippen MR) is 179 cm³/mol. The topological polar surface area (TPSA) is 163 Å². The SMILES string of the molecule is CC(C)(C)OC(=O)N1CCC[C@H]1C(=O)Nc1cccc(C(=O)NCC(=O)c2ccc3nc([C@@H]4CCCN4C(=O)OC(C)(C)C)[nH]c3c2)c1. The largest absolute Gasteiger partial charge is 0.444 e. The number of carbonyl (C=O) groups is 5. The van der Waals surface area contributed by atoms with Crippen LogP contribution in [0.4, 0.5) is 15.3 Å². The number of anilines is 1. The first-order chi connectivity index (χ1) is 22.6.